The molecule has 0 spiro atoms. The van der Waals surface area contributed by atoms with Crippen molar-refractivity contribution in [3.8, 4) is 0 Å². The third kappa shape index (κ3) is 5.83. The van der Waals surface area contributed by atoms with E-state index in [1.165, 1.54) is 25.7 Å². The lowest BCUT2D eigenvalue weighted by Gasteiger charge is -2.38. The van der Waals surface area contributed by atoms with Crippen LogP contribution in [0.25, 0.3) is 0 Å². The van der Waals surface area contributed by atoms with Gasteiger partial charge in [0.25, 0.3) is 0 Å². The Labute approximate surface area is 244 Å². The molecule has 0 bridgehead atoms. The summed E-state index contributed by atoms with van der Waals surface area (Å²) in [6.45, 7) is 7.94. The van der Waals surface area contributed by atoms with E-state index < -0.39 is 6.10 Å². The number of aromatic nitrogens is 2. The average molecular weight is 650 g/mol. The highest BCUT2D eigenvalue weighted by Gasteiger charge is 2.37. The van der Waals surface area contributed by atoms with Gasteiger partial charge in [0, 0.05) is 54.9 Å². The van der Waals surface area contributed by atoms with Crippen molar-refractivity contribution in [2.45, 2.75) is 57.0 Å². The summed E-state index contributed by atoms with van der Waals surface area (Å²) in [6.07, 6.45) is 7.04. The number of hydrogen-bond donors (Lipinski definition) is 1. The fraction of sp³-hybridized carbons (Fsp3) is 0.621. The quantitative estimate of drug-likeness (QED) is 0.393. The standard InChI is InChI=1S/C29H37ClIN5O2/c1-18-12-25(37)27-26(18)28(33-17-32-27)35-8-10-36(11-9-35)29(38)22(21-6-7-23(30)24(31)13-21)16-34(14-19-2-3-19)15-20-4-5-20/h6-7,13,17-20,22,25,37H,2-5,8-12,14-16H2,1H3/t18?,22?,25-/m0/s1. The van der Waals surface area contributed by atoms with Gasteiger partial charge in [0.05, 0.1) is 22.7 Å². The normalized spacial score (nSPS) is 24.1. The lowest BCUT2D eigenvalue weighted by molar-refractivity contribution is -0.133. The second kappa shape index (κ2) is 11.2. The molecule has 2 unspecified atom stereocenters. The summed E-state index contributed by atoms with van der Waals surface area (Å²) in [5.41, 5.74) is 2.91. The number of benzene rings is 1. The Morgan fingerprint density at radius 1 is 1.13 bits per heavy atom. The number of piperazine rings is 1. The van der Waals surface area contributed by atoms with Crippen LogP contribution in [0.1, 0.15) is 73.8 Å². The molecule has 9 heteroatoms. The number of amides is 1. The molecule has 4 aliphatic rings. The number of fused-ring (bicyclic) bond motifs is 1. The summed E-state index contributed by atoms with van der Waals surface area (Å²) in [5.74, 6) is 2.79. The molecule has 0 radical (unpaired) electrons. The first-order valence-corrected chi connectivity index (χ1v) is 15.6. The number of hydrogen-bond acceptors (Lipinski definition) is 6. The number of carbonyl (C=O) groups excluding carboxylic acids is 1. The summed E-state index contributed by atoms with van der Waals surface area (Å²) in [5, 5.41) is 11.1. The molecule has 1 saturated heterocycles. The molecule has 3 aliphatic carbocycles. The molecule has 38 heavy (non-hydrogen) atoms. The van der Waals surface area contributed by atoms with E-state index in [4.69, 9.17) is 11.6 Å². The van der Waals surface area contributed by atoms with E-state index in [2.05, 4.69) is 60.2 Å². The zero-order chi connectivity index (χ0) is 26.4. The average Bonchev–Trinajstić information content (AvgIpc) is 3.85. The largest absolute Gasteiger partial charge is 0.387 e. The molecule has 1 amide bonds. The van der Waals surface area contributed by atoms with Crippen molar-refractivity contribution in [2.75, 3.05) is 50.7 Å². The monoisotopic (exact) mass is 649 g/mol. The Morgan fingerprint density at radius 2 is 1.82 bits per heavy atom. The third-order valence-electron chi connectivity index (χ3n) is 8.68. The zero-order valence-corrected chi connectivity index (χ0v) is 24.9. The van der Waals surface area contributed by atoms with Gasteiger partial charge in [-0.15, -0.1) is 0 Å². The van der Waals surface area contributed by atoms with Gasteiger partial charge >= 0.3 is 0 Å². The van der Waals surface area contributed by atoms with Crippen LogP contribution in [0.5, 0.6) is 0 Å². The fourth-order valence-electron chi connectivity index (χ4n) is 6.18. The van der Waals surface area contributed by atoms with E-state index in [1.807, 2.05) is 12.1 Å². The summed E-state index contributed by atoms with van der Waals surface area (Å²) in [7, 11) is 0. The van der Waals surface area contributed by atoms with Crippen LogP contribution in [0.3, 0.4) is 0 Å². The first-order valence-electron chi connectivity index (χ1n) is 14.1. The minimum absolute atomic E-state index is 0.191. The number of halogens is 2. The number of rotatable bonds is 9. The predicted molar refractivity (Wildman–Crippen MR) is 158 cm³/mol. The minimum atomic E-state index is -0.512. The van der Waals surface area contributed by atoms with Gasteiger partial charge in [-0.25, -0.2) is 9.97 Å². The van der Waals surface area contributed by atoms with E-state index in [1.54, 1.807) is 6.33 Å². The van der Waals surface area contributed by atoms with E-state index in [9.17, 15) is 9.90 Å². The van der Waals surface area contributed by atoms with Crippen LogP contribution >= 0.6 is 34.2 Å². The van der Waals surface area contributed by atoms with Gasteiger partial charge in [-0.05, 0) is 90.1 Å². The molecule has 1 aromatic carbocycles. The van der Waals surface area contributed by atoms with Crippen LogP contribution in [-0.2, 0) is 4.79 Å². The maximum absolute atomic E-state index is 14.1. The molecular weight excluding hydrogens is 613 g/mol. The molecule has 1 aromatic heterocycles. The van der Waals surface area contributed by atoms with Crippen LogP contribution in [0.2, 0.25) is 5.02 Å². The van der Waals surface area contributed by atoms with E-state index >= 15 is 0 Å². The molecule has 7 nitrogen and oxygen atoms in total. The maximum Gasteiger partial charge on any atom is 0.231 e. The van der Waals surface area contributed by atoms with E-state index in [-0.39, 0.29) is 17.7 Å². The van der Waals surface area contributed by atoms with Gasteiger partial charge in [0.1, 0.15) is 12.1 Å². The molecule has 204 valence electrons. The molecular formula is C29H37ClIN5O2. The fourth-order valence-corrected chi connectivity index (χ4v) is 6.84. The number of carbonyl (C=O) groups is 1. The lowest BCUT2D eigenvalue weighted by atomic mass is 9.96. The molecule has 3 atom stereocenters. The van der Waals surface area contributed by atoms with Crippen molar-refractivity contribution in [1.29, 1.82) is 0 Å². The van der Waals surface area contributed by atoms with Crippen LogP contribution in [0, 0.1) is 15.4 Å². The van der Waals surface area contributed by atoms with Gasteiger partial charge in [0.2, 0.25) is 5.91 Å². The van der Waals surface area contributed by atoms with Crippen molar-refractivity contribution in [3.05, 3.63) is 49.9 Å². The zero-order valence-electron chi connectivity index (χ0n) is 22.0. The Balaban J connectivity index is 1.19. The minimum Gasteiger partial charge on any atom is -0.387 e. The molecule has 2 heterocycles. The third-order valence-corrected chi connectivity index (χ3v) is 10.2. The van der Waals surface area contributed by atoms with Crippen LogP contribution < -0.4 is 4.90 Å². The van der Waals surface area contributed by atoms with Gasteiger partial charge in [0.15, 0.2) is 0 Å². The summed E-state index contributed by atoms with van der Waals surface area (Å²) >= 11 is 8.64. The highest BCUT2D eigenvalue weighted by molar-refractivity contribution is 14.1. The van der Waals surface area contributed by atoms with Crippen LogP contribution in [-0.4, -0.2) is 76.6 Å². The van der Waals surface area contributed by atoms with Crippen molar-refractivity contribution in [2.24, 2.45) is 11.8 Å². The maximum atomic E-state index is 14.1. The van der Waals surface area contributed by atoms with Crippen LogP contribution in [0.15, 0.2) is 24.5 Å². The summed E-state index contributed by atoms with van der Waals surface area (Å²) in [6, 6.07) is 6.09. The SMILES string of the molecule is CC1C[C@H](O)c2ncnc(N3CCN(C(=O)C(CN(CC4CC4)CC4CC4)c4ccc(Cl)c(I)c4)CC3)c21. The van der Waals surface area contributed by atoms with E-state index in [0.717, 1.165) is 75.8 Å². The summed E-state index contributed by atoms with van der Waals surface area (Å²) in [4.78, 5) is 30.0. The highest BCUT2D eigenvalue weighted by atomic mass is 127. The first kappa shape index (κ1) is 26.7. The Hall–Kier alpha value is -1.49. The molecule has 2 saturated carbocycles. The number of anilines is 1. The topological polar surface area (TPSA) is 72.8 Å². The molecule has 1 N–H and O–H groups in total. The molecule has 1 aliphatic heterocycles. The van der Waals surface area contributed by atoms with Crippen molar-refractivity contribution >= 4 is 45.9 Å². The number of nitrogens with zero attached hydrogens (tertiary/aromatic N) is 5. The highest BCUT2D eigenvalue weighted by Crippen LogP contribution is 2.43. The molecule has 2 aromatic rings. The summed E-state index contributed by atoms with van der Waals surface area (Å²) < 4.78 is 0.995. The number of aliphatic hydroxyl groups excluding tert-OH is 1. The smallest absolute Gasteiger partial charge is 0.231 e. The second-order valence-electron chi connectivity index (χ2n) is 11.8. The van der Waals surface area contributed by atoms with Gasteiger partial charge in [-0.3, -0.25) is 4.79 Å². The first-order chi connectivity index (χ1) is 18.4. The molecule has 6 rings (SSSR count). The Kier molecular flexibility index (Phi) is 7.86. The van der Waals surface area contributed by atoms with Gasteiger partial charge < -0.3 is 19.8 Å². The lowest BCUT2D eigenvalue weighted by Crippen LogP contribution is -2.51. The van der Waals surface area contributed by atoms with Gasteiger partial charge in [-0.1, -0.05) is 24.6 Å². The molecule has 3 fully saturated rings. The van der Waals surface area contributed by atoms with E-state index in [0.29, 0.717) is 19.5 Å². The Morgan fingerprint density at radius 3 is 2.45 bits per heavy atom. The van der Waals surface area contributed by atoms with Crippen LogP contribution in [0.4, 0.5) is 5.82 Å². The predicted octanol–water partition coefficient (Wildman–Crippen LogP) is 4.83. The van der Waals surface area contributed by atoms with Gasteiger partial charge in [-0.2, -0.15) is 0 Å². The Bertz CT molecular complexity index is 1170. The second-order valence-corrected chi connectivity index (χ2v) is 13.4. The van der Waals surface area contributed by atoms with Crippen molar-refractivity contribution in [1.82, 2.24) is 19.8 Å². The number of aliphatic hydroxyl groups is 1. The van der Waals surface area contributed by atoms with Crippen molar-refractivity contribution in [3.63, 3.8) is 0 Å². The van der Waals surface area contributed by atoms with Crippen molar-refractivity contribution < 1.29 is 9.90 Å².